The number of hydrogen-bond acceptors (Lipinski definition) is 3. The van der Waals surface area contributed by atoms with Gasteiger partial charge in [-0.2, -0.15) is 13.2 Å². The normalized spacial score (nSPS) is 11.7. The highest BCUT2D eigenvalue weighted by molar-refractivity contribution is 14.0. The van der Waals surface area contributed by atoms with Gasteiger partial charge >= 0.3 is 6.18 Å². The van der Waals surface area contributed by atoms with Crippen molar-refractivity contribution >= 4 is 29.9 Å². The highest BCUT2D eigenvalue weighted by Gasteiger charge is 2.33. The lowest BCUT2D eigenvalue weighted by molar-refractivity contribution is -0.138. The van der Waals surface area contributed by atoms with Crippen LogP contribution in [0.5, 0.6) is 0 Å². The monoisotopic (exact) mass is 534 g/mol. The maximum Gasteiger partial charge on any atom is 0.416 e. The summed E-state index contributed by atoms with van der Waals surface area (Å²) in [5, 5.41) is 5.74. The molecule has 1 heterocycles. The number of oxazole rings is 1. The largest absolute Gasteiger partial charge is 0.444 e. The van der Waals surface area contributed by atoms with Gasteiger partial charge in [0.25, 0.3) is 0 Å². The number of guanidine groups is 1. The van der Waals surface area contributed by atoms with Crippen molar-refractivity contribution < 1.29 is 22.0 Å². The molecule has 0 atom stereocenters. The summed E-state index contributed by atoms with van der Waals surface area (Å²) in [6, 6.07) is 11.9. The number of halogens is 5. The van der Waals surface area contributed by atoms with Crippen molar-refractivity contribution in [3.05, 3.63) is 77.4 Å². The van der Waals surface area contributed by atoms with Gasteiger partial charge in [-0.1, -0.05) is 24.3 Å². The first-order valence-corrected chi connectivity index (χ1v) is 8.67. The van der Waals surface area contributed by atoms with Crippen molar-refractivity contribution in [1.29, 1.82) is 0 Å². The lowest BCUT2D eigenvalue weighted by atomic mass is 10.1. The Labute approximate surface area is 187 Å². The molecule has 0 spiro atoms. The summed E-state index contributed by atoms with van der Waals surface area (Å²) in [6.07, 6.45) is -3.16. The fourth-order valence-electron chi connectivity index (χ4n) is 2.64. The molecule has 0 aliphatic heterocycles. The molecule has 0 saturated heterocycles. The molecule has 0 aliphatic carbocycles. The van der Waals surface area contributed by atoms with Gasteiger partial charge in [0.1, 0.15) is 12.1 Å². The second kappa shape index (κ2) is 10.4. The Hall–Kier alpha value is -2.63. The first-order valence-electron chi connectivity index (χ1n) is 8.67. The maximum absolute atomic E-state index is 13.2. The average Bonchev–Trinajstić information content (AvgIpc) is 3.18. The molecule has 3 aromatic rings. The van der Waals surface area contributed by atoms with E-state index in [0.717, 1.165) is 17.7 Å². The van der Waals surface area contributed by atoms with Crippen LogP contribution < -0.4 is 10.6 Å². The van der Waals surface area contributed by atoms with E-state index in [4.69, 9.17) is 4.42 Å². The van der Waals surface area contributed by atoms with Crippen LogP contribution in [-0.2, 0) is 19.3 Å². The standard InChI is InChI=1S/C20H18F4N4O.HI/c1-25-19(26-10-14-7-8-15(21)9-17(14)20(22,23)24)27-11-16-12-29-18(28-16)13-5-3-2-4-6-13;/h2-9,12H,10-11H2,1H3,(H2,25,26,27);1H. The summed E-state index contributed by atoms with van der Waals surface area (Å²) in [5.41, 5.74) is 0.320. The van der Waals surface area contributed by atoms with E-state index in [1.807, 2.05) is 30.3 Å². The summed E-state index contributed by atoms with van der Waals surface area (Å²) in [6.45, 7) is 0.0778. The van der Waals surface area contributed by atoms with E-state index in [1.54, 1.807) is 0 Å². The number of aromatic nitrogens is 1. The van der Waals surface area contributed by atoms with Crippen LogP contribution in [0, 0.1) is 5.82 Å². The third kappa shape index (κ3) is 6.18. The van der Waals surface area contributed by atoms with Gasteiger partial charge in [0.2, 0.25) is 5.89 Å². The molecule has 2 N–H and O–H groups in total. The fraction of sp³-hybridized carbons (Fsp3) is 0.200. The number of benzene rings is 2. The number of alkyl halides is 3. The molecule has 2 aromatic carbocycles. The van der Waals surface area contributed by atoms with Crippen LogP contribution in [0.1, 0.15) is 16.8 Å². The Morgan fingerprint density at radius 2 is 1.77 bits per heavy atom. The lowest BCUT2D eigenvalue weighted by Gasteiger charge is -2.15. The molecule has 10 heteroatoms. The van der Waals surface area contributed by atoms with E-state index in [9.17, 15) is 17.6 Å². The SMILES string of the molecule is CN=C(NCc1coc(-c2ccccc2)n1)NCc1ccc(F)cc1C(F)(F)F.I. The summed E-state index contributed by atoms with van der Waals surface area (Å²) < 4.78 is 57.9. The molecule has 0 saturated carbocycles. The van der Waals surface area contributed by atoms with Crippen molar-refractivity contribution in [2.45, 2.75) is 19.3 Å². The molecule has 0 radical (unpaired) electrons. The molecular formula is C20H19F4IN4O. The summed E-state index contributed by atoms with van der Waals surface area (Å²) in [7, 11) is 1.49. The zero-order valence-corrected chi connectivity index (χ0v) is 18.2. The third-order valence-corrected chi connectivity index (χ3v) is 4.06. The summed E-state index contributed by atoms with van der Waals surface area (Å²) in [5.74, 6) is -0.206. The van der Waals surface area contributed by atoms with E-state index >= 15 is 0 Å². The topological polar surface area (TPSA) is 62.5 Å². The van der Waals surface area contributed by atoms with Crippen LogP contribution in [0.3, 0.4) is 0 Å². The molecule has 160 valence electrons. The molecule has 0 amide bonds. The van der Waals surface area contributed by atoms with Gasteiger partial charge in [-0.25, -0.2) is 9.37 Å². The Balaban J connectivity index is 0.00000320. The molecule has 0 fully saturated rings. The molecule has 1 aromatic heterocycles. The van der Waals surface area contributed by atoms with Crippen LogP contribution in [0.4, 0.5) is 17.6 Å². The zero-order valence-electron chi connectivity index (χ0n) is 15.8. The van der Waals surface area contributed by atoms with E-state index in [-0.39, 0.29) is 48.6 Å². The van der Waals surface area contributed by atoms with Gasteiger partial charge in [0, 0.05) is 19.2 Å². The van der Waals surface area contributed by atoms with Gasteiger partial charge in [-0.3, -0.25) is 4.99 Å². The van der Waals surface area contributed by atoms with Gasteiger partial charge < -0.3 is 15.1 Å². The molecular weight excluding hydrogens is 515 g/mol. The second-order valence-electron chi connectivity index (χ2n) is 6.09. The Kier molecular flexibility index (Phi) is 8.21. The van der Waals surface area contributed by atoms with Crippen LogP contribution in [0.2, 0.25) is 0 Å². The van der Waals surface area contributed by atoms with Crippen LogP contribution in [-0.4, -0.2) is 18.0 Å². The molecule has 30 heavy (non-hydrogen) atoms. The second-order valence-corrected chi connectivity index (χ2v) is 6.09. The average molecular weight is 534 g/mol. The first-order chi connectivity index (χ1) is 13.9. The quantitative estimate of drug-likeness (QED) is 0.210. The first kappa shape index (κ1) is 23.6. The predicted octanol–water partition coefficient (Wildman–Crippen LogP) is 4.98. The van der Waals surface area contributed by atoms with Gasteiger partial charge in [-0.05, 0) is 29.8 Å². The van der Waals surface area contributed by atoms with E-state index in [0.29, 0.717) is 17.7 Å². The summed E-state index contributed by atoms with van der Waals surface area (Å²) in [4.78, 5) is 8.33. The van der Waals surface area contributed by atoms with Gasteiger partial charge in [0.15, 0.2) is 5.96 Å². The minimum absolute atomic E-state index is 0. The minimum atomic E-state index is -4.65. The Bertz CT molecular complexity index is 990. The highest BCUT2D eigenvalue weighted by atomic mass is 127. The number of rotatable bonds is 5. The van der Waals surface area contributed by atoms with Crippen molar-refractivity contribution in [3.63, 3.8) is 0 Å². The van der Waals surface area contributed by atoms with Crippen molar-refractivity contribution in [2.75, 3.05) is 7.05 Å². The van der Waals surface area contributed by atoms with Gasteiger partial charge in [-0.15, -0.1) is 24.0 Å². The van der Waals surface area contributed by atoms with Crippen LogP contribution >= 0.6 is 24.0 Å². The fourth-order valence-corrected chi connectivity index (χ4v) is 2.64. The van der Waals surface area contributed by atoms with Crippen molar-refractivity contribution in [2.24, 2.45) is 4.99 Å². The summed E-state index contributed by atoms with van der Waals surface area (Å²) >= 11 is 0. The van der Waals surface area contributed by atoms with Crippen LogP contribution in [0.25, 0.3) is 11.5 Å². The number of nitrogens with zero attached hydrogens (tertiary/aromatic N) is 2. The van der Waals surface area contributed by atoms with Crippen molar-refractivity contribution in [3.8, 4) is 11.5 Å². The third-order valence-electron chi connectivity index (χ3n) is 4.06. The Morgan fingerprint density at radius 3 is 2.43 bits per heavy atom. The number of nitrogens with one attached hydrogen (secondary N) is 2. The maximum atomic E-state index is 13.2. The molecule has 5 nitrogen and oxygen atoms in total. The van der Waals surface area contributed by atoms with Gasteiger partial charge in [0.05, 0.1) is 17.8 Å². The molecule has 3 rings (SSSR count). The zero-order chi connectivity index (χ0) is 20.9. The van der Waals surface area contributed by atoms with E-state index in [2.05, 4.69) is 20.6 Å². The van der Waals surface area contributed by atoms with E-state index < -0.39 is 17.6 Å². The molecule has 0 bridgehead atoms. The molecule has 0 aliphatic rings. The van der Waals surface area contributed by atoms with Crippen molar-refractivity contribution in [1.82, 2.24) is 15.6 Å². The lowest BCUT2D eigenvalue weighted by Crippen LogP contribution is -2.36. The highest BCUT2D eigenvalue weighted by Crippen LogP contribution is 2.32. The molecule has 0 unspecified atom stereocenters. The predicted molar refractivity (Wildman–Crippen MR) is 116 cm³/mol. The van der Waals surface area contributed by atoms with E-state index in [1.165, 1.54) is 13.3 Å². The minimum Gasteiger partial charge on any atom is -0.444 e. The Morgan fingerprint density at radius 1 is 1.07 bits per heavy atom. The number of hydrogen-bond donors (Lipinski definition) is 2. The van der Waals surface area contributed by atoms with Crippen LogP contribution in [0.15, 0.2) is 64.2 Å². The number of aliphatic imine (C=N–C) groups is 1. The smallest absolute Gasteiger partial charge is 0.416 e.